The highest BCUT2D eigenvalue weighted by molar-refractivity contribution is 7.88. The van der Waals surface area contributed by atoms with Crippen LogP contribution < -0.4 is 10.1 Å². The minimum Gasteiger partial charge on any atom is -0.497 e. The molecule has 0 aliphatic carbocycles. The molecule has 0 aliphatic heterocycles. The van der Waals surface area contributed by atoms with Gasteiger partial charge in [0.15, 0.2) is 0 Å². The molecule has 1 aromatic rings. The fourth-order valence-corrected chi connectivity index (χ4v) is 3.12. The molecule has 1 N–H and O–H groups in total. The first kappa shape index (κ1) is 17.5. The summed E-state index contributed by atoms with van der Waals surface area (Å²) in [6.45, 7) is 4.10. The van der Waals surface area contributed by atoms with Gasteiger partial charge in [-0.2, -0.15) is 4.31 Å². The quantitative estimate of drug-likeness (QED) is 0.817. The summed E-state index contributed by atoms with van der Waals surface area (Å²) in [5.74, 6) is 0.435. The molecule has 0 unspecified atom stereocenters. The van der Waals surface area contributed by atoms with E-state index >= 15 is 0 Å². The van der Waals surface area contributed by atoms with Gasteiger partial charge in [0, 0.05) is 24.7 Å². The number of ether oxygens (including phenoxy) is 1. The van der Waals surface area contributed by atoms with Crippen molar-refractivity contribution in [2.24, 2.45) is 0 Å². The number of nitrogens with one attached hydrogen (secondary N) is 1. The molecule has 1 amide bonds. The third-order valence-corrected chi connectivity index (χ3v) is 4.43. The first-order valence-corrected chi connectivity index (χ1v) is 8.49. The lowest BCUT2D eigenvalue weighted by atomic mass is 10.2. The second-order valence-corrected chi connectivity index (χ2v) is 6.89. The summed E-state index contributed by atoms with van der Waals surface area (Å²) in [5, 5.41) is 2.71. The van der Waals surface area contributed by atoms with Gasteiger partial charge in [0.1, 0.15) is 5.75 Å². The van der Waals surface area contributed by atoms with Crippen LogP contribution in [0.15, 0.2) is 24.3 Å². The summed E-state index contributed by atoms with van der Waals surface area (Å²) < 4.78 is 29.5. The third-order valence-electron chi connectivity index (χ3n) is 2.97. The molecule has 1 aromatic carbocycles. The zero-order chi connectivity index (χ0) is 16.0. The van der Waals surface area contributed by atoms with Crippen molar-refractivity contribution in [3.8, 4) is 5.75 Å². The highest BCUT2D eigenvalue weighted by Gasteiger charge is 2.19. The number of methoxy groups -OCH3 is 1. The van der Waals surface area contributed by atoms with Gasteiger partial charge in [0.05, 0.1) is 13.4 Å². The van der Waals surface area contributed by atoms with Crippen molar-refractivity contribution >= 4 is 15.9 Å². The van der Waals surface area contributed by atoms with Crippen molar-refractivity contribution in [1.29, 1.82) is 0 Å². The maximum Gasteiger partial charge on any atom is 0.251 e. The maximum absolute atomic E-state index is 11.9. The maximum atomic E-state index is 11.9. The van der Waals surface area contributed by atoms with Crippen LogP contribution in [0.1, 0.15) is 24.2 Å². The van der Waals surface area contributed by atoms with Gasteiger partial charge in [-0.05, 0) is 38.1 Å². The molecule has 0 heterocycles. The van der Waals surface area contributed by atoms with Crippen molar-refractivity contribution in [2.45, 2.75) is 19.9 Å². The number of hydrogen-bond acceptors (Lipinski definition) is 4. The lowest BCUT2D eigenvalue weighted by Crippen LogP contribution is -2.41. The van der Waals surface area contributed by atoms with Crippen LogP contribution in [0.4, 0.5) is 0 Å². The van der Waals surface area contributed by atoms with Crippen LogP contribution in [0, 0.1) is 0 Å². The van der Waals surface area contributed by atoms with Gasteiger partial charge >= 0.3 is 0 Å². The topological polar surface area (TPSA) is 75.7 Å². The van der Waals surface area contributed by atoms with Crippen molar-refractivity contribution < 1.29 is 17.9 Å². The van der Waals surface area contributed by atoms with E-state index in [2.05, 4.69) is 5.32 Å². The Bertz CT molecular complexity index is 567. The first-order chi connectivity index (χ1) is 9.75. The minimum atomic E-state index is -3.27. The van der Waals surface area contributed by atoms with Crippen LogP contribution in [-0.2, 0) is 10.0 Å². The average Bonchev–Trinajstić information content (AvgIpc) is 2.41. The molecular weight excluding hydrogens is 292 g/mol. The number of nitrogens with zero attached hydrogens (tertiary/aromatic N) is 1. The monoisotopic (exact) mass is 314 g/mol. The molecule has 118 valence electrons. The number of sulfonamides is 1. The van der Waals surface area contributed by atoms with E-state index in [1.165, 1.54) is 4.31 Å². The molecule has 0 bridgehead atoms. The second-order valence-electron chi connectivity index (χ2n) is 4.95. The normalized spacial score (nSPS) is 11.7. The van der Waals surface area contributed by atoms with Crippen molar-refractivity contribution in [3.05, 3.63) is 29.8 Å². The Balaban J connectivity index is 2.56. The molecule has 0 saturated carbocycles. The summed E-state index contributed by atoms with van der Waals surface area (Å²) in [6.07, 6.45) is 1.16. The van der Waals surface area contributed by atoms with Crippen LogP contribution in [-0.4, -0.2) is 51.1 Å². The predicted octanol–water partition coefficient (Wildman–Crippen LogP) is 1.09. The number of benzene rings is 1. The van der Waals surface area contributed by atoms with E-state index < -0.39 is 10.0 Å². The van der Waals surface area contributed by atoms with Gasteiger partial charge in [-0.15, -0.1) is 0 Å². The third kappa shape index (κ3) is 5.35. The Morgan fingerprint density at radius 2 is 1.86 bits per heavy atom. The second kappa shape index (κ2) is 7.42. The fraction of sp³-hybridized carbons (Fsp3) is 0.500. The van der Waals surface area contributed by atoms with E-state index in [0.717, 1.165) is 6.26 Å². The van der Waals surface area contributed by atoms with Gasteiger partial charge < -0.3 is 10.1 Å². The molecule has 0 fully saturated rings. The van der Waals surface area contributed by atoms with Gasteiger partial charge in [-0.3, -0.25) is 4.79 Å². The van der Waals surface area contributed by atoms with Crippen LogP contribution >= 0.6 is 0 Å². The van der Waals surface area contributed by atoms with E-state index in [9.17, 15) is 13.2 Å². The van der Waals surface area contributed by atoms with Crippen LogP contribution in [0.25, 0.3) is 0 Å². The highest BCUT2D eigenvalue weighted by atomic mass is 32.2. The SMILES string of the molecule is COc1ccc(C(=O)NCCN(C(C)C)S(C)(=O)=O)cc1. The molecule has 21 heavy (non-hydrogen) atoms. The number of rotatable bonds is 7. The van der Waals surface area contributed by atoms with Gasteiger partial charge in [-0.25, -0.2) is 8.42 Å². The van der Waals surface area contributed by atoms with Gasteiger partial charge in [-0.1, -0.05) is 0 Å². The molecular formula is C14H22N2O4S. The standard InChI is InChI=1S/C14H22N2O4S/c1-11(2)16(21(4,18)19)10-9-15-14(17)12-5-7-13(20-3)8-6-12/h5-8,11H,9-10H2,1-4H3,(H,15,17). The summed E-state index contributed by atoms with van der Waals surface area (Å²) in [5.41, 5.74) is 0.506. The van der Waals surface area contributed by atoms with E-state index in [1.807, 2.05) is 0 Å². The minimum absolute atomic E-state index is 0.141. The molecule has 0 aliphatic rings. The van der Waals surface area contributed by atoms with Crippen LogP contribution in [0.3, 0.4) is 0 Å². The summed E-state index contributed by atoms with van der Waals surface area (Å²) in [4.78, 5) is 11.9. The van der Waals surface area contributed by atoms with Crippen molar-refractivity contribution in [1.82, 2.24) is 9.62 Å². The smallest absolute Gasteiger partial charge is 0.251 e. The Labute approximate surface area is 126 Å². The Kier molecular flexibility index (Phi) is 6.17. The average molecular weight is 314 g/mol. The van der Waals surface area contributed by atoms with Crippen LogP contribution in [0.5, 0.6) is 5.75 Å². The van der Waals surface area contributed by atoms with Crippen molar-refractivity contribution in [3.63, 3.8) is 0 Å². The molecule has 1 rings (SSSR count). The number of carbonyl (C=O) groups excluding carboxylic acids is 1. The first-order valence-electron chi connectivity index (χ1n) is 6.64. The molecule has 7 heteroatoms. The molecule has 0 spiro atoms. The Hall–Kier alpha value is -1.60. The molecule has 0 atom stereocenters. The van der Waals surface area contributed by atoms with E-state index in [-0.39, 0.29) is 25.0 Å². The Morgan fingerprint density at radius 1 is 1.29 bits per heavy atom. The van der Waals surface area contributed by atoms with Crippen LogP contribution in [0.2, 0.25) is 0 Å². The lowest BCUT2D eigenvalue weighted by molar-refractivity contribution is 0.0950. The predicted molar refractivity (Wildman–Crippen MR) is 82.0 cm³/mol. The molecule has 6 nitrogen and oxygen atoms in total. The Morgan fingerprint density at radius 3 is 2.29 bits per heavy atom. The van der Waals surface area contributed by atoms with E-state index in [4.69, 9.17) is 4.74 Å². The summed E-state index contributed by atoms with van der Waals surface area (Å²) in [6, 6.07) is 6.57. The van der Waals surface area contributed by atoms with E-state index in [1.54, 1.807) is 45.2 Å². The summed E-state index contributed by atoms with van der Waals surface area (Å²) in [7, 11) is -1.71. The molecule has 0 radical (unpaired) electrons. The largest absolute Gasteiger partial charge is 0.497 e. The van der Waals surface area contributed by atoms with Crippen molar-refractivity contribution in [2.75, 3.05) is 26.5 Å². The number of amides is 1. The molecule has 0 saturated heterocycles. The van der Waals surface area contributed by atoms with Gasteiger partial charge in [0.25, 0.3) is 5.91 Å². The number of carbonyl (C=O) groups is 1. The van der Waals surface area contributed by atoms with Gasteiger partial charge in [0.2, 0.25) is 10.0 Å². The fourth-order valence-electron chi connectivity index (χ4n) is 1.93. The zero-order valence-corrected chi connectivity index (χ0v) is 13.6. The highest BCUT2D eigenvalue weighted by Crippen LogP contribution is 2.11. The summed E-state index contributed by atoms with van der Waals surface area (Å²) >= 11 is 0. The van der Waals surface area contributed by atoms with E-state index in [0.29, 0.717) is 11.3 Å². The lowest BCUT2D eigenvalue weighted by Gasteiger charge is -2.23. The zero-order valence-electron chi connectivity index (χ0n) is 12.8. The molecule has 0 aromatic heterocycles. The number of hydrogen-bond donors (Lipinski definition) is 1.